The second-order valence-electron chi connectivity index (χ2n) is 14.7. The van der Waals surface area contributed by atoms with Crippen molar-refractivity contribution in [3.63, 3.8) is 0 Å². The number of amides is 1. The Morgan fingerprint density at radius 3 is 2.23 bits per heavy atom. The molecule has 3 aliphatic heterocycles. The molecule has 5 aliphatic rings. The van der Waals surface area contributed by atoms with Gasteiger partial charge in [0.05, 0.1) is 10.6 Å². The van der Waals surface area contributed by atoms with Crippen LogP contribution in [0.4, 0.5) is 10.6 Å². The summed E-state index contributed by atoms with van der Waals surface area (Å²) in [5.41, 5.74) is 1.86. The Morgan fingerprint density at radius 2 is 1.63 bits per heavy atom. The number of rotatable bonds is 6. The van der Waals surface area contributed by atoms with Crippen molar-refractivity contribution in [1.29, 1.82) is 0 Å². The number of nitrogens with zero attached hydrogens (tertiary/aromatic N) is 5. The van der Waals surface area contributed by atoms with Gasteiger partial charge >= 0.3 is 12.1 Å². The topological polar surface area (TPSA) is 80.3 Å². The van der Waals surface area contributed by atoms with Crippen molar-refractivity contribution < 1.29 is 19.0 Å². The second-order valence-corrected chi connectivity index (χ2v) is 15.5. The van der Waals surface area contributed by atoms with Gasteiger partial charge in [-0.3, -0.25) is 0 Å². The highest BCUT2D eigenvalue weighted by Gasteiger charge is 2.48. The highest BCUT2D eigenvalue weighted by Crippen LogP contribution is 2.51. The van der Waals surface area contributed by atoms with E-state index >= 15 is 0 Å². The molecule has 9 nitrogen and oxygen atoms in total. The van der Waals surface area contributed by atoms with Gasteiger partial charge in [0.15, 0.2) is 5.75 Å². The Bertz CT molecular complexity index is 1360. The maximum absolute atomic E-state index is 12.6. The molecule has 234 valence electrons. The summed E-state index contributed by atoms with van der Waals surface area (Å²) in [5, 5.41) is 1.06. The quantitative estimate of drug-likeness (QED) is 0.348. The summed E-state index contributed by atoms with van der Waals surface area (Å²) in [4.78, 5) is 29.5. The average Bonchev–Trinajstić information content (AvgIpc) is 3.75. The van der Waals surface area contributed by atoms with Crippen molar-refractivity contribution in [3.8, 4) is 11.8 Å². The SMILES string of the molecule is CN1CCC(Oc2nc(N3CCC4(CC3)CN(C(=O)OC(C)(C)C)C4)c3cc(C4CC4)c(Br)c(OC4CCC4)c3n2)CC1. The number of carbonyl (C=O) groups excluding carboxylic acids is 1. The number of piperidine rings is 2. The first kappa shape index (κ1) is 29.4. The molecule has 0 N–H and O–H groups in total. The van der Waals surface area contributed by atoms with Gasteiger partial charge in [-0.15, -0.1) is 0 Å². The number of hydrogen-bond acceptors (Lipinski definition) is 8. The third kappa shape index (κ3) is 6.15. The van der Waals surface area contributed by atoms with Gasteiger partial charge in [-0.05, 0) is 119 Å². The van der Waals surface area contributed by atoms with E-state index in [0.717, 1.165) is 105 Å². The van der Waals surface area contributed by atoms with Crippen molar-refractivity contribution >= 4 is 38.7 Å². The van der Waals surface area contributed by atoms with Crippen LogP contribution in [-0.2, 0) is 4.74 Å². The Morgan fingerprint density at radius 1 is 0.953 bits per heavy atom. The Balaban J connectivity index is 1.18. The summed E-state index contributed by atoms with van der Waals surface area (Å²) in [7, 11) is 2.16. The van der Waals surface area contributed by atoms with Gasteiger partial charge in [0.25, 0.3) is 0 Å². The number of anilines is 1. The summed E-state index contributed by atoms with van der Waals surface area (Å²) in [5.74, 6) is 2.38. The van der Waals surface area contributed by atoms with Crippen LogP contribution in [0.1, 0.15) is 90.0 Å². The third-order valence-electron chi connectivity index (χ3n) is 9.99. The monoisotopic (exact) mass is 655 g/mol. The van der Waals surface area contributed by atoms with Crippen LogP contribution in [0.2, 0.25) is 0 Å². The van der Waals surface area contributed by atoms with Crippen LogP contribution in [-0.4, -0.2) is 90.0 Å². The standard InChI is InChI=1S/C33H46BrN5O4/c1-32(2,3)43-31(40)39-19-33(20-39)12-16-38(17-13-33)29-25-18-24(21-8-9-21)26(34)28(41-22-6-5-7-22)27(25)35-30(36-29)42-23-10-14-37(4)15-11-23/h18,21-23H,5-17,19-20H2,1-4H3. The van der Waals surface area contributed by atoms with Crippen molar-refractivity contribution in [3.05, 3.63) is 16.1 Å². The summed E-state index contributed by atoms with van der Waals surface area (Å²) in [6, 6.07) is 2.78. The molecule has 7 rings (SSSR count). The minimum absolute atomic E-state index is 0.116. The molecule has 10 heteroatoms. The molecule has 1 spiro atoms. The molecule has 43 heavy (non-hydrogen) atoms. The fourth-order valence-electron chi connectivity index (χ4n) is 6.93. The first-order chi connectivity index (χ1) is 20.6. The molecule has 0 bridgehead atoms. The molecule has 1 aromatic carbocycles. The zero-order chi connectivity index (χ0) is 29.9. The number of hydrogen-bond donors (Lipinski definition) is 0. The van der Waals surface area contributed by atoms with Crippen molar-refractivity contribution in [2.24, 2.45) is 5.41 Å². The second kappa shape index (κ2) is 11.2. The van der Waals surface area contributed by atoms with Crippen LogP contribution in [0, 0.1) is 5.41 Å². The number of aromatic nitrogens is 2. The van der Waals surface area contributed by atoms with E-state index in [2.05, 4.69) is 38.8 Å². The molecular formula is C33H46BrN5O4. The van der Waals surface area contributed by atoms with Gasteiger partial charge in [-0.2, -0.15) is 9.97 Å². The van der Waals surface area contributed by atoms with E-state index < -0.39 is 5.60 Å². The lowest BCUT2D eigenvalue weighted by Crippen LogP contribution is -2.62. The van der Waals surface area contributed by atoms with E-state index in [0.29, 0.717) is 11.9 Å². The molecular weight excluding hydrogens is 610 g/mol. The molecule has 3 saturated heterocycles. The molecule has 2 saturated carbocycles. The maximum atomic E-state index is 12.6. The number of carbonyl (C=O) groups is 1. The van der Waals surface area contributed by atoms with E-state index in [4.69, 9.17) is 24.2 Å². The number of fused-ring (bicyclic) bond motifs is 1. The highest BCUT2D eigenvalue weighted by atomic mass is 79.9. The molecule has 1 amide bonds. The highest BCUT2D eigenvalue weighted by molar-refractivity contribution is 9.10. The maximum Gasteiger partial charge on any atom is 0.410 e. The molecule has 1 aromatic heterocycles. The van der Waals surface area contributed by atoms with E-state index in [1.54, 1.807) is 0 Å². The lowest BCUT2D eigenvalue weighted by molar-refractivity contribution is -0.0434. The Labute approximate surface area is 263 Å². The molecule has 2 aromatic rings. The number of halogens is 1. The van der Waals surface area contributed by atoms with Crippen LogP contribution in [0.15, 0.2) is 10.5 Å². The van der Waals surface area contributed by atoms with E-state index in [1.807, 2.05) is 25.7 Å². The van der Waals surface area contributed by atoms with E-state index in [9.17, 15) is 4.79 Å². The first-order valence-electron chi connectivity index (χ1n) is 16.3. The summed E-state index contributed by atoms with van der Waals surface area (Å²) >= 11 is 3.95. The molecule has 5 fully saturated rings. The number of benzene rings is 1. The number of likely N-dealkylation sites (tertiary alicyclic amines) is 2. The number of ether oxygens (including phenoxy) is 3. The summed E-state index contributed by atoms with van der Waals surface area (Å²) in [6.07, 6.45) is 9.95. The minimum Gasteiger partial charge on any atom is -0.487 e. The van der Waals surface area contributed by atoms with Crippen molar-refractivity contribution in [1.82, 2.24) is 19.8 Å². The van der Waals surface area contributed by atoms with Gasteiger partial charge in [0.1, 0.15) is 23.0 Å². The molecule has 2 aliphatic carbocycles. The summed E-state index contributed by atoms with van der Waals surface area (Å²) in [6.45, 7) is 11.1. The molecule has 0 atom stereocenters. The van der Waals surface area contributed by atoms with Gasteiger partial charge in [-0.25, -0.2) is 4.79 Å². The average molecular weight is 657 g/mol. The van der Waals surface area contributed by atoms with Gasteiger partial charge < -0.3 is 28.9 Å². The smallest absolute Gasteiger partial charge is 0.410 e. The molecule has 0 radical (unpaired) electrons. The van der Waals surface area contributed by atoms with Gasteiger partial charge in [0, 0.05) is 50.1 Å². The molecule has 4 heterocycles. The van der Waals surface area contributed by atoms with E-state index in [-0.39, 0.29) is 23.7 Å². The van der Waals surface area contributed by atoms with Crippen LogP contribution in [0.25, 0.3) is 10.9 Å². The summed E-state index contributed by atoms with van der Waals surface area (Å²) < 4.78 is 19.9. The zero-order valence-corrected chi connectivity index (χ0v) is 27.7. The molecule has 0 unspecified atom stereocenters. The predicted octanol–water partition coefficient (Wildman–Crippen LogP) is 6.51. The zero-order valence-electron chi connectivity index (χ0n) is 26.2. The third-order valence-corrected chi connectivity index (χ3v) is 10.8. The van der Waals surface area contributed by atoms with Gasteiger partial charge in [0.2, 0.25) is 0 Å². The van der Waals surface area contributed by atoms with Crippen LogP contribution in [0.5, 0.6) is 11.8 Å². The first-order valence-corrected chi connectivity index (χ1v) is 17.1. The Kier molecular flexibility index (Phi) is 7.68. The van der Waals surface area contributed by atoms with E-state index in [1.165, 1.54) is 24.8 Å². The minimum atomic E-state index is -0.472. The fourth-order valence-corrected chi connectivity index (χ4v) is 7.64. The lowest BCUT2D eigenvalue weighted by atomic mass is 9.72. The van der Waals surface area contributed by atoms with Crippen LogP contribution >= 0.6 is 15.9 Å². The normalized spacial score (nSPS) is 23.3. The van der Waals surface area contributed by atoms with Crippen molar-refractivity contribution in [2.75, 3.05) is 51.2 Å². The lowest BCUT2D eigenvalue weighted by Gasteiger charge is -2.53. The largest absolute Gasteiger partial charge is 0.487 e. The van der Waals surface area contributed by atoms with Crippen molar-refractivity contribution in [2.45, 2.75) is 102 Å². The fraction of sp³-hybridized carbons (Fsp3) is 0.727. The van der Waals surface area contributed by atoms with Gasteiger partial charge in [-0.1, -0.05) is 0 Å². The predicted molar refractivity (Wildman–Crippen MR) is 170 cm³/mol. The van der Waals surface area contributed by atoms with Crippen LogP contribution < -0.4 is 14.4 Å². The van der Waals surface area contributed by atoms with Crippen LogP contribution in [0.3, 0.4) is 0 Å². The Hall–Kier alpha value is -2.33.